The van der Waals surface area contributed by atoms with Crippen molar-refractivity contribution in [3.05, 3.63) is 77.6 Å². The Kier molecular flexibility index (Phi) is 4.05. The second-order valence-corrected chi connectivity index (χ2v) is 7.66. The summed E-state index contributed by atoms with van der Waals surface area (Å²) in [5.41, 5.74) is 3.41. The van der Waals surface area contributed by atoms with Gasteiger partial charge in [0.05, 0.1) is 11.1 Å². The highest BCUT2D eigenvalue weighted by molar-refractivity contribution is 6.02. The Morgan fingerprint density at radius 2 is 1.66 bits per heavy atom. The largest absolute Gasteiger partial charge is 0.454 e. The van der Waals surface area contributed by atoms with Crippen LogP contribution in [0.1, 0.15) is 24.0 Å². The number of rotatable bonds is 4. The SMILES string of the molecule is Cc1ccc(-c2ccc(F)c(NC(=O)C3(c4ccc5c(c4)OCO5)CC3)c2)cc1. The predicted molar refractivity (Wildman–Crippen MR) is 109 cm³/mol. The van der Waals surface area contributed by atoms with E-state index in [1.54, 1.807) is 12.1 Å². The van der Waals surface area contributed by atoms with Crippen LogP contribution in [0.15, 0.2) is 60.7 Å². The Hall–Kier alpha value is -3.34. The number of amides is 1. The molecule has 1 aliphatic heterocycles. The van der Waals surface area contributed by atoms with Crippen molar-refractivity contribution in [2.75, 3.05) is 12.1 Å². The molecule has 3 aromatic rings. The summed E-state index contributed by atoms with van der Waals surface area (Å²) < 4.78 is 25.2. The molecule has 2 aliphatic rings. The van der Waals surface area contributed by atoms with Crippen molar-refractivity contribution in [3.63, 3.8) is 0 Å². The van der Waals surface area contributed by atoms with Crippen LogP contribution in [0.25, 0.3) is 11.1 Å². The van der Waals surface area contributed by atoms with E-state index < -0.39 is 11.2 Å². The minimum Gasteiger partial charge on any atom is -0.454 e. The van der Waals surface area contributed by atoms with Crippen LogP contribution < -0.4 is 14.8 Å². The van der Waals surface area contributed by atoms with Gasteiger partial charge in [0, 0.05) is 0 Å². The zero-order valence-electron chi connectivity index (χ0n) is 16.0. The average molecular weight is 389 g/mol. The lowest BCUT2D eigenvalue weighted by molar-refractivity contribution is -0.118. The molecule has 0 aromatic heterocycles. The Bertz CT molecular complexity index is 1100. The van der Waals surface area contributed by atoms with E-state index in [0.29, 0.717) is 11.5 Å². The summed E-state index contributed by atoms with van der Waals surface area (Å²) in [5.74, 6) is 0.683. The first kappa shape index (κ1) is 17.7. The molecule has 1 amide bonds. The Morgan fingerprint density at radius 1 is 0.931 bits per heavy atom. The van der Waals surface area contributed by atoms with Crippen molar-refractivity contribution in [2.24, 2.45) is 0 Å². The highest BCUT2D eigenvalue weighted by Gasteiger charge is 2.51. The maximum atomic E-state index is 14.4. The maximum absolute atomic E-state index is 14.4. The van der Waals surface area contributed by atoms with Gasteiger partial charge in [-0.15, -0.1) is 0 Å². The van der Waals surface area contributed by atoms with E-state index in [0.717, 1.165) is 35.1 Å². The second kappa shape index (κ2) is 6.62. The van der Waals surface area contributed by atoms with E-state index in [9.17, 15) is 9.18 Å². The van der Waals surface area contributed by atoms with Gasteiger partial charge >= 0.3 is 0 Å². The number of carbonyl (C=O) groups is 1. The molecule has 1 saturated carbocycles. The molecule has 0 radical (unpaired) electrons. The van der Waals surface area contributed by atoms with Crippen LogP contribution in [0.2, 0.25) is 0 Å². The van der Waals surface area contributed by atoms with E-state index >= 15 is 0 Å². The third-order valence-corrected chi connectivity index (χ3v) is 5.71. The van der Waals surface area contributed by atoms with Crippen LogP contribution in [0, 0.1) is 12.7 Å². The Balaban J connectivity index is 1.42. The topological polar surface area (TPSA) is 47.6 Å². The van der Waals surface area contributed by atoms with Crippen LogP contribution in [0.3, 0.4) is 0 Å². The summed E-state index contributed by atoms with van der Waals surface area (Å²) in [5, 5.41) is 2.81. The summed E-state index contributed by atoms with van der Waals surface area (Å²) in [6.45, 7) is 2.21. The predicted octanol–water partition coefficient (Wildman–Crippen LogP) is 5.20. The van der Waals surface area contributed by atoms with Crippen molar-refractivity contribution in [3.8, 4) is 22.6 Å². The van der Waals surface area contributed by atoms with Crippen molar-refractivity contribution in [1.82, 2.24) is 0 Å². The van der Waals surface area contributed by atoms with E-state index in [4.69, 9.17) is 9.47 Å². The fraction of sp³-hybridized carbons (Fsp3) is 0.208. The summed E-state index contributed by atoms with van der Waals surface area (Å²) in [6.07, 6.45) is 1.44. The molecule has 5 heteroatoms. The van der Waals surface area contributed by atoms with Gasteiger partial charge in [0.15, 0.2) is 11.5 Å². The summed E-state index contributed by atoms with van der Waals surface area (Å²) in [6, 6.07) is 18.4. The lowest BCUT2D eigenvalue weighted by atomic mass is 9.94. The summed E-state index contributed by atoms with van der Waals surface area (Å²) in [4.78, 5) is 13.1. The molecule has 0 saturated heterocycles. The maximum Gasteiger partial charge on any atom is 0.235 e. The zero-order chi connectivity index (χ0) is 20.0. The monoisotopic (exact) mass is 389 g/mol. The van der Waals surface area contributed by atoms with Crippen LogP contribution in [0.5, 0.6) is 11.5 Å². The van der Waals surface area contributed by atoms with Gasteiger partial charge in [0.1, 0.15) is 5.82 Å². The van der Waals surface area contributed by atoms with Gasteiger partial charge in [0.25, 0.3) is 0 Å². The zero-order valence-corrected chi connectivity index (χ0v) is 16.0. The molecule has 29 heavy (non-hydrogen) atoms. The molecule has 5 rings (SSSR count). The second-order valence-electron chi connectivity index (χ2n) is 7.66. The molecule has 0 unspecified atom stereocenters. The number of carbonyl (C=O) groups excluding carboxylic acids is 1. The molecule has 1 N–H and O–H groups in total. The van der Waals surface area contributed by atoms with Gasteiger partial charge in [-0.25, -0.2) is 4.39 Å². The van der Waals surface area contributed by atoms with Crippen LogP contribution in [-0.2, 0) is 10.2 Å². The number of nitrogens with one attached hydrogen (secondary N) is 1. The molecule has 0 bridgehead atoms. The van der Waals surface area contributed by atoms with Gasteiger partial charge in [-0.3, -0.25) is 4.79 Å². The number of anilines is 1. The Labute approximate surface area is 168 Å². The molecule has 1 aliphatic carbocycles. The number of halogens is 1. The smallest absolute Gasteiger partial charge is 0.235 e. The van der Waals surface area contributed by atoms with Gasteiger partial charge in [-0.2, -0.15) is 0 Å². The van der Waals surface area contributed by atoms with Gasteiger partial charge < -0.3 is 14.8 Å². The van der Waals surface area contributed by atoms with E-state index in [2.05, 4.69) is 5.32 Å². The number of benzene rings is 3. The summed E-state index contributed by atoms with van der Waals surface area (Å²) >= 11 is 0. The number of fused-ring (bicyclic) bond motifs is 1. The first-order valence-electron chi connectivity index (χ1n) is 9.63. The molecule has 0 spiro atoms. The third kappa shape index (κ3) is 3.12. The first-order valence-corrected chi connectivity index (χ1v) is 9.63. The Morgan fingerprint density at radius 3 is 2.41 bits per heavy atom. The van der Waals surface area contributed by atoms with Crippen molar-refractivity contribution >= 4 is 11.6 Å². The molecular formula is C24H20FNO3. The molecule has 146 valence electrons. The van der Waals surface area contributed by atoms with E-state index in [1.807, 2.05) is 49.4 Å². The number of hydrogen-bond acceptors (Lipinski definition) is 3. The fourth-order valence-electron chi connectivity index (χ4n) is 3.75. The summed E-state index contributed by atoms with van der Waals surface area (Å²) in [7, 11) is 0. The lowest BCUT2D eigenvalue weighted by Crippen LogP contribution is -2.28. The van der Waals surface area contributed by atoms with Crippen LogP contribution in [-0.4, -0.2) is 12.7 Å². The minimum atomic E-state index is -0.646. The highest BCUT2D eigenvalue weighted by Crippen LogP contribution is 2.51. The third-order valence-electron chi connectivity index (χ3n) is 5.71. The van der Waals surface area contributed by atoms with Crippen molar-refractivity contribution in [2.45, 2.75) is 25.2 Å². The number of hydrogen-bond donors (Lipinski definition) is 1. The molecule has 1 fully saturated rings. The standard InChI is InChI=1S/C24H20FNO3/c1-15-2-4-16(5-3-15)17-6-8-19(25)20(12-17)26-23(27)24(10-11-24)18-7-9-21-22(13-18)29-14-28-21/h2-9,12-13H,10-11,14H2,1H3,(H,26,27). The van der Waals surface area contributed by atoms with Crippen LogP contribution in [0.4, 0.5) is 10.1 Å². The average Bonchev–Trinajstić information content (AvgIpc) is 3.41. The van der Waals surface area contributed by atoms with E-state index in [1.165, 1.54) is 6.07 Å². The van der Waals surface area contributed by atoms with Gasteiger partial charge in [0.2, 0.25) is 12.7 Å². The van der Waals surface area contributed by atoms with Crippen molar-refractivity contribution in [1.29, 1.82) is 0 Å². The minimum absolute atomic E-state index is 0.189. The van der Waals surface area contributed by atoms with Gasteiger partial charge in [-0.1, -0.05) is 42.0 Å². The number of ether oxygens (including phenoxy) is 2. The van der Waals surface area contributed by atoms with E-state index in [-0.39, 0.29) is 18.4 Å². The highest BCUT2D eigenvalue weighted by atomic mass is 19.1. The van der Waals surface area contributed by atoms with Gasteiger partial charge in [-0.05, 0) is 60.7 Å². The molecule has 4 nitrogen and oxygen atoms in total. The molecular weight excluding hydrogens is 369 g/mol. The fourth-order valence-corrected chi connectivity index (χ4v) is 3.75. The normalized spacial score (nSPS) is 15.8. The molecule has 0 atom stereocenters. The van der Waals surface area contributed by atoms with Crippen molar-refractivity contribution < 1.29 is 18.7 Å². The van der Waals surface area contributed by atoms with Crippen LogP contribution >= 0.6 is 0 Å². The molecule has 1 heterocycles. The number of aryl methyl sites for hydroxylation is 1. The quantitative estimate of drug-likeness (QED) is 0.667. The first-order chi connectivity index (χ1) is 14.0. The lowest BCUT2D eigenvalue weighted by Gasteiger charge is -2.17. The molecule has 3 aromatic carbocycles.